The van der Waals surface area contributed by atoms with E-state index >= 15 is 0 Å². The summed E-state index contributed by atoms with van der Waals surface area (Å²) >= 11 is 0. The second-order valence-electron chi connectivity index (χ2n) is 45.5. The number of hydrogen-bond donors (Lipinski definition) is 1. The lowest BCUT2D eigenvalue weighted by molar-refractivity contribution is -0.143. The van der Waals surface area contributed by atoms with Crippen LogP contribution in [-0.4, -0.2) is 372 Å². The zero-order valence-corrected chi connectivity index (χ0v) is 90.7. The molecule has 6 aromatic rings. The number of carbonyl (C=O) groups is 12. The van der Waals surface area contributed by atoms with Gasteiger partial charge >= 0.3 is 18.2 Å². The van der Waals surface area contributed by atoms with Gasteiger partial charge in [-0.3, -0.25) is 72.4 Å². The molecule has 11 aliphatic heterocycles. The van der Waals surface area contributed by atoms with Crippen molar-refractivity contribution in [3.63, 3.8) is 0 Å². The first-order valence-electron chi connectivity index (χ1n) is 52.4. The zero-order chi connectivity index (χ0) is 106. The van der Waals surface area contributed by atoms with Crippen LogP contribution in [0.5, 0.6) is 0 Å². The van der Waals surface area contributed by atoms with E-state index in [9.17, 15) is 57.5 Å². The summed E-state index contributed by atoms with van der Waals surface area (Å²) in [4.78, 5) is 184. The molecule has 17 rings (SSSR count). The van der Waals surface area contributed by atoms with E-state index in [1.807, 2.05) is 139 Å². The van der Waals surface area contributed by atoms with Crippen LogP contribution >= 0.6 is 0 Å². The first-order chi connectivity index (χ1) is 69.5. The van der Waals surface area contributed by atoms with E-state index in [1.54, 1.807) is 30.6 Å². The van der Waals surface area contributed by atoms with E-state index in [1.165, 1.54) is 47.2 Å². The highest BCUT2D eigenvalue weighted by Crippen LogP contribution is 2.39. The molecule has 6 aromatic carbocycles. The fraction of sp³-hybridized carbons (Fsp3) is 0.561. The Morgan fingerprint density at radius 2 is 0.639 bits per heavy atom. The third-order valence-electron chi connectivity index (χ3n) is 30.1. The predicted octanol–water partition coefficient (Wildman–Crippen LogP) is 11.5. The van der Waals surface area contributed by atoms with Gasteiger partial charge in [-0.25, -0.2) is 9.59 Å². The summed E-state index contributed by atoms with van der Waals surface area (Å²) in [6.07, 6.45) is 2.89. The molecule has 0 bridgehead atoms. The van der Waals surface area contributed by atoms with Gasteiger partial charge in [0.05, 0.1) is 12.6 Å². The number of benzene rings is 6. The number of nitrogens with zero attached hydrogens (tertiary/aromatic N) is 17. The standard InChI is InChI=1S/C26H34N4O2.C24H34N4O3.C22H31N3O5.C21H32N4O2.C21H29N3O3/c1-26(2,3)30-17-20-10-7-11-21(22(20)18-30)24(31)28-12-14-29(15-13-28)25(32)23(27)16-19-8-5-4-6-9-19;1-17(29)28-10-6-9-21(28)23(31)26-13-11-25(12-14-26)22(30)19-8-5-7-18-15-27(16-20(18)19)24(2,3)4;1-16(26)29-12-13-30-21(28)24-10-8-23(9-11-24)20(27)18-7-5-6-17-14-25(15-19(17)18)22(2,3)4;1-21(2,3)25-13-16-7-6-8-17(18(16)14-25)20(27)24-11-9-23(10-12-24)19(26)15-22(4)5;1-5-13-27-20(26)23-11-9-22(10-12-23)19(25)17-8-6-7-16-14-24(15-18(16)17)21(2,3)4/h4-11,23H,12-18,27H2,1-3H3;5,7-8,21H,6,9-16H2,1-4H3;5-7H,8-15H2,1-4H3;6-8H,9-15H2,1-5H3;5-8H,1,9-15H2,2-4H3. The number of fused-ring (bicyclic) bond motifs is 5. The van der Waals surface area contributed by atoms with Gasteiger partial charge in [0.2, 0.25) is 23.6 Å². The molecule has 11 aliphatic rings. The summed E-state index contributed by atoms with van der Waals surface area (Å²) in [5.41, 5.74) is 23.4. The Hall–Kier alpha value is -12.0. The molecule has 147 heavy (non-hydrogen) atoms. The first kappa shape index (κ1) is 112. The Balaban J connectivity index is 0.000000154. The van der Waals surface area contributed by atoms with Gasteiger partial charge in [0.1, 0.15) is 25.9 Å². The lowest BCUT2D eigenvalue weighted by Gasteiger charge is -2.37. The monoisotopic (exact) mass is 2020 g/mol. The molecule has 2 unspecified atom stereocenters. The van der Waals surface area contributed by atoms with E-state index in [0.717, 1.165) is 134 Å². The Kier molecular flexibility index (Phi) is 37.1. The number of likely N-dealkylation sites (tertiary alicyclic amines) is 1. The highest BCUT2D eigenvalue weighted by Gasteiger charge is 2.43. The minimum absolute atomic E-state index is 0.0190. The minimum atomic E-state index is -0.555. The van der Waals surface area contributed by atoms with Gasteiger partial charge in [0.15, 0.2) is 0 Å². The molecule has 0 aromatic heterocycles. The quantitative estimate of drug-likeness (QED) is 0.0407. The Morgan fingerprint density at radius 3 is 0.932 bits per heavy atom. The highest BCUT2D eigenvalue weighted by atomic mass is 16.6. The van der Waals surface area contributed by atoms with Crippen molar-refractivity contribution >= 4 is 71.3 Å². The Bertz CT molecular complexity index is 5720. The number of rotatable bonds is 16. The number of nitrogens with two attached hydrogens (primary N) is 1. The smallest absolute Gasteiger partial charge is 0.410 e. The lowest BCUT2D eigenvalue weighted by Crippen LogP contribution is -2.55. The molecule has 0 radical (unpaired) electrons. The van der Waals surface area contributed by atoms with Crippen molar-refractivity contribution in [1.82, 2.24) is 83.3 Å². The van der Waals surface area contributed by atoms with E-state index in [0.29, 0.717) is 150 Å². The first-order valence-corrected chi connectivity index (χ1v) is 52.4. The van der Waals surface area contributed by atoms with Crippen LogP contribution in [0.3, 0.4) is 0 Å². The lowest BCUT2D eigenvalue weighted by atomic mass is 10.0. The van der Waals surface area contributed by atoms with Crippen LogP contribution in [0.2, 0.25) is 0 Å². The fourth-order valence-electron chi connectivity index (χ4n) is 20.7. The third kappa shape index (κ3) is 28.4. The van der Waals surface area contributed by atoms with Crippen LogP contribution in [0.4, 0.5) is 9.59 Å². The average Bonchev–Trinajstić information content (AvgIpc) is 1.65. The Morgan fingerprint density at radius 1 is 0.354 bits per heavy atom. The molecule has 6 fully saturated rings. The third-order valence-corrected chi connectivity index (χ3v) is 30.1. The second-order valence-corrected chi connectivity index (χ2v) is 45.5. The number of hydrogen-bond acceptors (Lipinski definition) is 22. The van der Waals surface area contributed by atoms with Crippen molar-refractivity contribution in [3.05, 3.63) is 223 Å². The van der Waals surface area contributed by atoms with Crippen LogP contribution in [0.1, 0.15) is 244 Å². The van der Waals surface area contributed by atoms with Gasteiger partial charge in [0.25, 0.3) is 29.5 Å². The van der Waals surface area contributed by atoms with Crippen molar-refractivity contribution in [1.29, 1.82) is 0 Å². The molecule has 0 aliphatic carbocycles. The van der Waals surface area contributed by atoms with E-state index in [2.05, 4.69) is 165 Å². The number of esters is 1. The number of ether oxygens (including phenoxy) is 3. The van der Waals surface area contributed by atoms with Crippen LogP contribution in [0.25, 0.3) is 0 Å². The number of carbonyl (C=O) groups excluding carboxylic acids is 12. The maximum atomic E-state index is 13.3. The summed E-state index contributed by atoms with van der Waals surface area (Å²) in [7, 11) is 3.79. The van der Waals surface area contributed by atoms with Crippen molar-refractivity contribution in [3.8, 4) is 0 Å². The topological polar surface area (TPSA) is 314 Å². The fourth-order valence-corrected chi connectivity index (χ4v) is 20.7. The number of likely N-dealkylation sites (N-methyl/N-ethyl adjacent to an activating group) is 1. The molecule has 6 saturated heterocycles. The normalized spacial score (nSPS) is 18.6. The summed E-state index contributed by atoms with van der Waals surface area (Å²) in [6.45, 7) is 59.6. The maximum Gasteiger partial charge on any atom is 0.410 e. The van der Waals surface area contributed by atoms with E-state index in [4.69, 9.17) is 19.9 Å². The van der Waals surface area contributed by atoms with Gasteiger partial charge in [-0.05, 0) is 229 Å². The van der Waals surface area contributed by atoms with Crippen LogP contribution in [-0.2, 0) is 110 Å². The summed E-state index contributed by atoms with van der Waals surface area (Å²) in [6, 6.07) is 39.1. The highest BCUT2D eigenvalue weighted by molar-refractivity contribution is 6.00. The molecular weight excluding hydrogens is 1860 g/mol. The van der Waals surface area contributed by atoms with Gasteiger partial charge in [-0.1, -0.05) is 104 Å². The van der Waals surface area contributed by atoms with Gasteiger partial charge in [0, 0.05) is 272 Å². The average molecular weight is 2020 g/mol. The van der Waals surface area contributed by atoms with Crippen molar-refractivity contribution in [2.75, 3.05) is 178 Å². The summed E-state index contributed by atoms with van der Waals surface area (Å²) in [5.74, 6) is -0.0149. The van der Waals surface area contributed by atoms with Gasteiger partial charge in [-0.2, -0.15) is 0 Å². The second kappa shape index (κ2) is 48.5. The molecule has 0 saturated carbocycles. The summed E-state index contributed by atoms with van der Waals surface area (Å²) in [5, 5.41) is 0. The van der Waals surface area contributed by atoms with E-state index < -0.39 is 18.1 Å². The van der Waals surface area contributed by atoms with Crippen LogP contribution in [0, 0.1) is 0 Å². The maximum absolute atomic E-state index is 13.3. The van der Waals surface area contributed by atoms with Crippen LogP contribution < -0.4 is 5.73 Å². The molecule has 33 heteroatoms. The Labute approximate surface area is 870 Å². The molecular formula is C114H160N18O15. The minimum Gasteiger partial charge on any atom is -0.462 e. The molecule has 11 heterocycles. The molecule has 11 amide bonds. The summed E-state index contributed by atoms with van der Waals surface area (Å²) < 4.78 is 14.9. The van der Waals surface area contributed by atoms with Gasteiger partial charge < -0.3 is 78.7 Å². The van der Waals surface area contributed by atoms with Crippen molar-refractivity contribution in [2.45, 2.75) is 242 Å². The predicted molar refractivity (Wildman–Crippen MR) is 566 cm³/mol. The molecule has 796 valence electrons. The molecule has 33 nitrogen and oxygen atoms in total. The number of piperazine rings is 5. The molecule has 0 spiro atoms. The van der Waals surface area contributed by atoms with E-state index in [-0.39, 0.29) is 113 Å². The van der Waals surface area contributed by atoms with Crippen molar-refractivity contribution < 1.29 is 71.7 Å². The SMILES string of the molecule is C=CCOC(=O)N1CCN(C(=O)c2cccc3c2CN(C(C)(C)C)C3)CC1.CC(=O)N1CCCC1C(=O)N1CCN(C(=O)c2cccc3c2CN(C(C)(C)C)C3)CC1.CC(=O)OCCOC(=O)N1CCN(C(=O)c2cccc3c2CN(C(C)(C)C)C3)CC1.CC(C)(C)N1Cc2cccc(C(=O)N3CCN(C(=O)C(N)Cc4ccccc4)CC3)c2C1.CN(C)CC(=O)N1CCN(C(=O)c2cccc3c2CN(C(C)(C)C)C3)CC1. The molecule has 2 N–H and O–H groups in total. The number of amides is 11. The largest absolute Gasteiger partial charge is 0.462 e. The van der Waals surface area contributed by atoms with Crippen LogP contribution in [0.15, 0.2) is 134 Å². The van der Waals surface area contributed by atoms with Crippen molar-refractivity contribution in [2.24, 2.45) is 5.73 Å². The van der Waals surface area contributed by atoms with Gasteiger partial charge in [-0.15, -0.1) is 0 Å². The molecule has 2 atom stereocenters. The zero-order valence-electron chi connectivity index (χ0n) is 90.7.